The summed E-state index contributed by atoms with van der Waals surface area (Å²) in [6.07, 6.45) is 5.81. The number of hydrogen-bond acceptors (Lipinski definition) is 3. The Kier molecular flexibility index (Phi) is 6.02. The summed E-state index contributed by atoms with van der Waals surface area (Å²) < 4.78 is 0. The summed E-state index contributed by atoms with van der Waals surface area (Å²) in [7, 11) is 0. The lowest BCUT2D eigenvalue weighted by atomic mass is 9.97. The van der Waals surface area contributed by atoms with Crippen LogP contribution in [0.2, 0.25) is 0 Å². The Balaban J connectivity index is 1.53. The fraction of sp³-hybridized carbons (Fsp3) is 0.381. The van der Waals surface area contributed by atoms with Crippen molar-refractivity contribution < 1.29 is 9.63 Å². The van der Waals surface area contributed by atoms with E-state index in [1.165, 1.54) is 12.0 Å². The minimum atomic E-state index is -0.159. The summed E-state index contributed by atoms with van der Waals surface area (Å²) in [6.45, 7) is 0.847. The average molecular weight is 323 g/mol. The maximum atomic E-state index is 12.2. The maximum Gasteiger partial charge on any atom is 0.329 e. The number of benzene rings is 2. The van der Waals surface area contributed by atoms with Gasteiger partial charge in [0.2, 0.25) is 0 Å². The first-order valence-corrected chi connectivity index (χ1v) is 8.86. The quantitative estimate of drug-likeness (QED) is 0.799. The monoisotopic (exact) mass is 323 g/mol. The lowest BCUT2D eigenvalue weighted by Gasteiger charge is -2.33. The number of aryl methyl sites for hydroxylation is 1. The molecule has 1 atom stereocenters. The summed E-state index contributed by atoms with van der Waals surface area (Å²) in [5.74, 6) is -0.159. The smallest absolute Gasteiger partial charge is 0.329 e. The first-order chi connectivity index (χ1) is 11.8. The van der Waals surface area contributed by atoms with Crippen LogP contribution in [0.15, 0.2) is 60.7 Å². The van der Waals surface area contributed by atoms with Crippen molar-refractivity contribution in [1.82, 2.24) is 5.06 Å². The van der Waals surface area contributed by atoms with Crippen molar-refractivity contribution in [2.45, 2.75) is 44.6 Å². The molecule has 1 heterocycles. The predicted octanol–water partition coefficient (Wildman–Crippen LogP) is 4.17. The highest BCUT2D eigenvalue weighted by Crippen LogP contribution is 2.22. The molecule has 0 bridgehead atoms. The number of nitrogens with zero attached hydrogens (tertiary/aromatic N) is 1. The summed E-state index contributed by atoms with van der Waals surface area (Å²) in [4.78, 5) is 17.9. The molecule has 1 unspecified atom stereocenters. The van der Waals surface area contributed by atoms with Gasteiger partial charge in [-0.05, 0) is 36.8 Å². The van der Waals surface area contributed by atoms with Crippen LogP contribution in [0.5, 0.6) is 0 Å². The predicted molar refractivity (Wildman–Crippen MR) is 95.3 cm³/mol. The lowest BCUT2D eigenvalue weighted by molar-refractivity contribution is -0.208. The Hall–Kier alpha value is -2.13. The minimum Gasteiger partial charge on any atom is -0.367 e. The highest BCUT2D eigenvalue weighted by molar-refractivity contribution is 5.72. The topological polar surface area (TPSA) is 29.5 Å². The van der Waals surface area contributed by atoms with Gasteiger partial charge in [0.1, 0.15) is 0 Å². The first kappa shape index (κ1) is 16.7. The number of carbonyl (C=O) groups is 1. The Labute approximate surface area is 144 Å². The second-order valence-electron chi connectivity index (χ2n) is 6.44. The fourth-order valence-electron chi connectivity index (χ4n) is 3.29. The zero-order valence-electron chi connectivity index (χ0n) is 14.1. The minimum absolute atomic E-state index is 0.159. The van der Waals surface area contributed by atoms with E-state index in [9.17, 15) is 4.79 Å². The van der Waals surface area contributed by atoms with Crippen LogP contribution in [-0.4, -0.2) is 23.6 Å². The van der Waals surface area contributed by atoms with E-state index in [0.717, 1.165) is 37.8 Å². The molecule has 3 nitrogen and oxygen atoms in total. The Morgan fingerprint density at radius 3 is 2.33 bits per heavy atom. The molecule has 2 aromatic rings. The van der Waals surface area contributed by atoms with Crippen LogP contribution in [0.3, 0.4) is 0 Å². The standard InChI is InChI=1S/C21H25NO2/c23-21(17-19-11-5-2-6-12-19)24-22-16-8-7-13-20(22)15-14-18-9-3-1-4-10-18/h1-6,9-12,20H,7-8,13-17H2. The van der Waals surface area contributed by atoms with Gasteiger partial charge in [-0.3, -0.25) is 0 Å². The second kappa shape index (κ2) is 8.65. The molecule has 1 aliphatic rings. The van der Waals surface area contributed by atoms with Gasteiger partial charge >= 0.3 is 5.97 Å². The molecule has 0 saturated carbocycles. The molecule has 3 heteroatoms. The van der Waals surface area contributed by atoms with Gasteiger partial charge in [-0.2, -0.15) is 0 Å². The number of carbonyl (C=O) groups excluding carboxylic acids is 1. The second-order valence-corrected chi connectivity index (χ2v) is 6.44. The van der Waals surface area contributed by atoms with Gasteiger partial charge in [0.05, 0.1) is 6.42 Å². The third-order valence-electron chi connectivity index (χ3n) is 4.59. The Morgan fingerprint density at radius 1 is 0.958 bits per heavy atom. The van der Waals surface area contributed by atoms with Crippen LogP contribution in [0.4, 0.5) is 0 Å². The zero-order valence-corrected chi connectivity index (χ0v) is 14.1. The van der Waals surface area contributed by atoms with Crippen molar-refractivity contribution >= 4 is 5.97 Å². The first-order valence-electron chi connectivity index (χ1n) is 8.86. The number of hydrogen-bond donors (Lipinski definition) is 0. The van der Waals surface area contributed by atoms with Crippen LogP contribution in [0.25, 0.3) is 0 Å². The van der Waals surface area contributed by atoms with Crippen LogP contribution < -0.4 is 0 Å². The van der Waals surface area contributed by atoms with Crippen molar-refractivity contribution in [2.24, 2.45) is 0 Å². The van der Waals surface area contributed by atoms with E-state index >= 15 is 0 Å². The van der Waals surface area contributed by atoms with Crippen LogP contribution in [-0.2, 0) is 22.5 Å². The largest absolute Gasteiger partial charge is 0.367 e. The number of rotatable bonds is 6. The summed E-state index contributed by atoms with van der Waals surface area (Å²) in [6, 6.07) is 20.6. The third-order valence-corrected chi connectivity index (χ3v) is 4.59. The van der Waals surface area contributed by atoms with Crippen molar-refractivity contribution in [1.29, 1.82) is 0 Å². The molecular weight excluding hydrogens is 298 g/mol. The molecule has 0 radical (unpaired) electrons. The fourth-order valence-corrected chi connectivity index (χ4v) is 3.29. The van der Waals surface area contributed by atoms with Crippen LogP contribution in [0.1, 0.15) is 36.8 Å². The van der Waals surface area contributed by atoms with Gasteiger partial charge in [0.15, 0.2) is 0 Å². The van der Waals surface area contributed by atoms with E-state index in [1.54, 1.807) is 0 Å². The molecule has 1 saturated heterocycles. The van der Waals surface area contributed by atoms with Gasteiger partial charge in [-0.15, -0.1) is 5.06 Å². The van der Waals surface area contributed by atoms with E-state index in [-0.39, 0.29) is 5.97 Å². The van der Waals surface area contributed by atoms with Gasteiger partial charge in [-0.25, -0.2) is 4.79 Å². The van der Waals surface area contributed by atoms with Gasteiger partial charge in [0, 0.05) is 12.6 Å². The summed E-state index contributed by atoms with van der Waals surface area (Å²) >= 11 is 0. The van der Waals surface area contributed by atoms with Gasteiger partial charge < -0.3 is 4.84 Å². The molecule has 1 aliphatic heterocycles. The van der Waals surface area contributed by atoms with E-state index in [0.29, 0.717) is 12.5 Å². The molecule has 0 spiro atoms. The van der Waals surface area contributed by atoms with Gasteiger partial charge in [0.25, 0.3) is 0 Å². The summed E-state index contributed by atoms with van der Waals surface area (Å²) in [5, 5.41) is 1.93. The number of piperidine rings is 1. The molecule has 2 aromatic carbocycles. The van der Waals surface area contributed by atoms with E-state index in [1.807, 2.05) is 41.5 Å². The highest BCUT2D eigenvalue weighted by atomic mass is 16.7. The number of hydroxylamine groups is 2. The van der Waals surface area contributed by atoms with E-state index in [4.69, 9.17) is 4.84 Å². The van der Waals surface area contributed by atoms with Crippen molar-refractivity contribution in [3.05, 3.63) is 71.8 Å². The summed E-state index contributed by atoms with van der Waals surface area (Å²) in [5.41, 5.74) is 2.35. The average Bonchev–Trinajstić information content (AvgIpc) is 2.63. The lowest BCUT2D eigenvalue weighted by Crippen LogP contribution is -2.41. The van der Waals surface area contributed by atoms with E-state index in [2.05, 4.69) is 24.3 Å². The normalized spacial score (nSPS) is 18.2. The molecule has 0 amide bonds. The highest BCUT2D eigenvalue weighted by Gasteiger charge is 2.25. The Bertz CT molecular complexity index is 627. The molecule has 3 rings (SSSR count). The van der Waals surface area contributed by atoms with Crippen molar-refractivity contribution in [3.63, 3.8) is 0 Å². The molecule has 1 fully saturated rings. The zero-order chi connectivity index (χ0) is 16.6. The maximum absolute atomic E-state index is 12.2. The molecule has 0 aliphatic carbocycles. The molecular formula is C21H25NO2. The molecule has 24 heavy (non-hydrogen) atoms. The van der Waals surface area contributed by atoms with Crippen LogP contribution in [0, 0.1) is 0 Å². The van der Waals surface area contributed by atoms with Crippen molar-refractivity contribution in [2.75, 3.05) is 6.54 Å². The third kappa shape index (κ3) is 4.93. The SMILES string of the molecule is O=C(Cc1ccccc1)ON1CCCCC1CCc1ccccc1. The van der Waals surface area contributed by atoms with E-state index < -0.39 is 0 Å². The van der Waals surface area contributed by atoms with Crippen LogP contribution >= 0.6 is 0 Å². The van der Waals surface area contributed by atoms with Gasteiger partial charge in [-0.1, -0.05) is 67.1 Å². The van der Waals surface area contributed by atoms with Crippen molar-refractivity contribution in [3.8, 4) is 0 Å². The molecule has 126 valence electrons. The molecule has 0 aromatic heterocycles. The Morgan fingerprint density at radius 2 is 1.62 bits per heavy atom. The molecule has 0 N–H and O–H groups in total.